The summed E-state index contributed by atoms with van der Waals surface area (Å²) in [5.41, 5.74) is 4.65. The van der Waals surface area contributed by atoms with Gasteiger partial charge in [-0.3, -0.25) is 9.69 Å². The Kier molecular flexibility index (Phi) is 2.98. The zero-order valence-corrected chi connectivity index (χ0v) is 16.0. The lowest BCUT2D eigenvalue weighted by Gasteiger charge is -2.59. The first-order valence-electron chi connectivity index (χ1n) is 9.58. The van der Waals surface area contributed by atoms with Crippen molar-refractivity contribution in [2.75, 3.05) is 18.4 Å². The molecule has 4 nitrogen and oxygen atoms in total. The van der Waals surface area contributed by atoms with Crippen LogP contribution in [-0.4, -0.2) is 29.5 Å². The fourth-order valence-corrected chi connectivity index (χ4v) is 6.42. The van der Waals surface area contributed by atoms with E-state index in [1.807, 2.05) is 0 Å². The molecule has 1 N–H and O–H groups in total. The number of para-hydroxylation sites is 1. The molecule has 4 heteroatoms. The van der Waals surface area contributed by atoms with Crippen molar-refractivity contribution < 1.29 is 9.53 Å². The maximum atomic E-state index is 12.0. The number of benzene rings is 1. The number of allylic oxidation sites excluding steroid dienone is 2. The van der Waals surface area contributed by atoms with Gasteiger partial charge in [-0.25, -0.2) is 0 Å². The van der Waals surface area contributed by atoms with Crippen LogP contribution in [0.2, 0.25) is 0 Å². The number of esters is 1. The largest absolute Gasteiger partial charge is 0.428 e. The second-order valence-corrected chi connectivity index (χ2v) is 8.64. The van der Waals surface area contributed by atoms with E-state index in [0.717, 1.165) is 43.1 Å². The van der Waals surface area contributed by atoms with Gasteiger partial charge >= 0.3 is 5.97 Å². The van der Waals surface area contributed by atoms with E-state index in [9.17, 15) is 4.79 Å². The predicted molar refractivity (Wildman–Crippen MR) is 102 cm³/mol. The molecule has 3 aliphatic heterocycles. The summed E-state index contributed by atoms with van der Waals surface area (Å²) in [4.78, 5) is 14.7. The molecule has 3 atom stereocenters. The van der Waals surface area contributed by atoms with Crippen LogP contribution in [0.1, 0.15) is 46.1 Å². The minimum absolute atomic E-state index is 0.0207. The van der Waals surface area contributed by atoms with E-state index < -0.39 is 0 Å². The number of nitrogens with zero attached hydrogens (tertiary/aromatic N) is 1. The first-order valence-corrected chi connectivity index (χ1v) is 9.58. The lowest BCUT2D eigenvalue weighted by atomic mass is 9.52. The molecule has 0 unspecified atom stereocenters. The van der Waals surface area contributed by atoms with Crippen LogP contribution in [0.25, 0.3) is 0 Å². The van der Waals surface area contributed by atoms with Crippen LogP contribution >= 0.6 is 0 Å². The number of carbonyl (C=O) groups is 1. The second kappa shape index (κ2) is 4.80. The van der Waals surface area contributed by atoms with Gasteiger partial charge in [-0.2, -0.15) is 0 Å². The lowest BCUT2D eigenvalue weighted by Crippen LogP contribution is -2.64. The average Bonchev–Trinajstić information content (AvgIpc) is 3.09. The number of hydrogen-bond acceptors (Lipinski definition) is 4. The van der Waals surface area contributed by atoms with E-state index in [2.05, 4.69) is 61.3 Å². The van der Waals surface area contributed by atoms with E-state index in [0.29, 0.717) is 0 Å². The zero-order valence-electron chi connectivity index (χ0n) is 16.0. The molecule has 1 aromatic carbocycles. The van der Waals surface area contributed by atoms with Crippen molar-refractivity contribution >= 4 is 11.7 Å². The lowest BCUT2D eigenvalue weighted by molar-refractivity contribution is -0.140. The van der Waals surface area contributed by atoms with Crippen molar-refractivity contribution in [2.24, 2.45) is 5.41 Å². The molecule has 1 aromatic rings. The number of rotatable bonds is 1. The first kappa shape index (κ1) is 16.1. The molecular formula is C22H26N2O2. The Bertz CT molecular complexity index is 901. The highest BCUT2D eigenvalue weighted by Crippen LogP contribution is 2.69. The van der Waals surface area contributed by atoms with Gasteiger partial charge in [0.05, 0.1) is 16.5 Å². The Morgan fingerprint density at radius 1 is 1.31 bits per heavy atom. The molecule has 2 bridgehead atoms. The third-order valence-corrected chi connectivity index (χ3v) is 7.54. The van der Waals surface area contributed by atoms with E-state index >= 15 is 0 Å². The molecule has 2 fully saturated rings. The number of nitrogens with one attached hydrogen (secondary N) is 1. The van der Waals surface area contributed by atoms with Gasteiger partial charge in [0.1, 0.15) is 5.76 Å². The number of fused-ring (bicyclic) bond motifs is 2. The topological polar surface area (TPSA) is 41.6 Å². The number of ether oxygens (including phenoxy) is 1. The molecule has 0 aromatic heterocycles. The molecule has 136 valence electrons. The average molecular weight is 350 g/mol. The van der Waals surface area contributed by atoms with E-state index in [1.54, 1.807) is 0 Å². The molecule has 0 radical (unpaired) electrons. The van der Waals surface area contributed by atoms with Crippen molar-refractivity contribution in [2.45, 2.75) is 51.5 Å². The molecule has 0 saturated carbocycles. The summed E-state index contributed by atoms with van der Waals surface area (Å²) in [7, 11) is 0. The van der Waals surface area contributed by atoms with Gasteiger partial charge in [-0.1, -0.05) is 24.3 Å². The van der Waals surface area contributed by atoms with Crippen LogP contribution in [0.5, 0.6) is 0 Å². The molecule has 1 spiro atoms. The van der Waals surface area contributed by atoms with Gasteiger partial charge in [-0.05, 0) is 50.8 Å². The summed E-state index contributed by atoms with van der Waals surface area (Å²) in [5, 5.41) is 3.68. The minimum atomic E-state index is -0.246. The summed E-state index contributed by atoms with van der Waals surface area (Å²) >= 11 is 0. The van der Waals surface area contributed by atoms with Gasteiger partial charge in [0.2, 0.25) is 0 Å². The van der Waals surface area contributed by atoms with Crippen molar-refractivity contribution in [1.82, 2.24) is 4.90 Å². The maximum Gasteiger partial charge on any atom is 0.307 e. The molecule has 3 heterocycles. The summed E-state index contributed by atoms with van der Waals surface area (Å²) in [6.45, 7) is 10.3. The number of anilines is 1. The predicted octanol–water partition coefficient (Wildman–Crippen LogP) is 3.96. The first-order chi connectivity index (χ1) is 12.4. The smallest absolute Gasteiger partial charge is 0.307 e. The fraction of sp³-hybridized carbons (Fsp3) is 0.500. The monoisotopic (exact) mass is 350 g/mol. The summed E-state index contributed by atoms with van der Waals surface area (Å²) in [6, 6.07) is 8.61. The SMILES string of the molecule is CC=C1CN2CC[C@]34C(=C(OC(C)=O)[C@@]1(C)C[C@]23C)Nc1ccccc14. The summed E-state index contributed by atoms with van der Waals surface area (Å²) < 4.78 is 5.97. The van der Waals surface area contributed by atoms with Crippen molar-refractivity contribution in [3.63, 3.8) is 0 Å². The Balaban J connectivity index is 1.88. The minimum Gasteiger partial charge on any atom is -0.428 e. The van der Waals surface area contributed by atoms with Gasteiger partial charge in [0, 0.05) is 31.2 Å². The van der Waals surface area contributed by atoms with E-state index in [1.165, 1.54) is 18.1 Å². The quantitative estimate of drug-likeness (QED) is 0.615. The van der Waals surface area contributed by atoms with Crippen LogP contribution in [0.15, 0.2) is 47.4 Å². The maximum absolute atomic E-state index is 12.0. The second-order valence-electron chi connectivity index (χ2n) is 8.64. The zero-order chi connectivity index (χ0) is 18.3. The van der Waals surface area contributed by atoms with Crippen LogP contribution in [-0.2, 0) is 14.9 Å². The normalized spacial score (nSPS) is 38.8. The van der Waals surface area contributed by atoms with E-state index in [-0.39, 0.29) is 22.3 Å². The third kappa shape index (κ3) is 1.58. The molecule has 2 saturated heterocycles. The third-order valence-electron chi connectivity index (χ3n) is 7.54. The van der Waals surface area contributed by atoms with Crippen molar-refractivity contribution in [3.8, 4) is 0 Å². The van der Waals surface area contributed by atoms with Crippen molar-refractivity contribution in [1.29, 1.82) is 0 Å². The standard InChI is InChI=1S/C22H26N2O2/c1-5-15-12-24-11-10-22-16-8-6-7-9-17(16)23-18(22)19(26-14(2)25)20(15,3)13-21(22,24)4/h5-9,23H,10-13H2,1-4H3/t20-,21-,22-/m0/s1. The molecule has 1 aliphatic carbocycles. The summed E-state index contributed by atoms with van der Waals surface area (Å²) in [5.74, 6) is 0.606. The number of carbonyl (C=O) groups excluding carboxylic acids is 1. The molecule has 5 rings (SSSR count). The van der Waals surface area contributed by atoms with Crippen molar-refractivity contribution in [3.05, 3.63) is 52.9 Å². The molecule has 26 heavy (non-hydrogen) atoms. The molecular weight excluding hydrogens is 324 g/mol. The number of hydrogen-bond donors (Lipinski definition) is 1. The van der Waals surface area contributed by atoms with Crippen LogP contribution in [0.4, 0.5) is 5.69 Å². The van der Waals surface area contributed by atoms with Crippen LogP contribution in [0.3, 0.4) is 0 Å². The van der Waals surface area contributed by atoms with Gasteiger partial charge in [-0.15, -0.1) is 0 Å². The Morgan fingerprint density at radius 2 is 2.08 bits per heavy atom. The number of piperidine rings is 1. The highest BCUT2D eigenvalue weighted by molar-refractivity contribution is 5.75. The molecule has 0 amide bonds. The fourth-order valence-electron chi connectivity index (χ4n) is 6.42. The van der Waals surface area contributed by atoms with Crippen LogP contribution < -0.4 is 5.32 Å². The van der Waals surface area contributed by atoms with Gasteiger partial charge < -0.3 is 10.1 Å². The van der Waals surface area contributed by atoms with Crippen LogP contribution in [0, 0.1) is 5.41 Å². The van der Waals surface area contributed by atoms with E-state index in [4.69, 9.17) is 4.74 Å². The Morgan fingerprint density at radius 3 is 2.81 bits per heavy atom. The Labute approximate surface area is 154 Å². The highest BCUT2D eigenvalue weighted by Gasteiger charge is 2.70. The Hall–Kier alpha value is -2.07. The molecule has 4 aliphatic rings. The van der Waals surface area contributed by atoms with Gasteiger partial charge in [0.15, 0.2) is 0 Å². The van der Waals surface area contributed by atoms with Gasteiger partial charge in [0.25, 0.3) is 0 Å². The summed E-state index contributed by atoms with van der Waals surface area (Å²) in [6.07, 6.45) is 4.25. The highest BCUT2D eigenvalue weighted by atomic mass is 16.5.